The zero-order valence-corrected chi connectivity index (χ0v) is 18.5. The number of carbonyl (C=O) groups is 1. The quantitative estimate of drug-likeness (QED) is 0.643. The summed E-state index contributed by atoms with van der Waals surface area (Å²) in [5.74, 6) is 0.0881. The molecule has 0 radical (unpaired) electrons. The molecule has 1 unspecified atom stereocenters. The molecule has 0 bridgehead atoms. The maximum Gasteiger partial charge on any atom is 0.337 e. The molecule has 0 aromatic heterocycles. The van der Waals surface area contributed by atoms with Crippen LogP contribution in [-0.4, -0.2) is 41.6 Å². The zero-order chi connectivity index (χ0) is 22.3. The molecule has 32 heavy (non-hydrogen) atoms. The highest BCUT2D eigenvalue weighted by Gasteiger charge is 2.46. The standard InChI is InChI=1S/C26H27ClO5/c27-23-20(25(29)30)11-7-17-6-10-19-16(8-12-21(19)32-24(17)23)9-13-22(28)26(14-31-15-26)18-4-2-1-3-5-18/h1-5,7,9,11,13,16,19,21-22,28H,6,8,10,12,14-15H2,(H,29,30)/b13-9+/t16-,19-,21+,22?/m1/s1. The lowest BCUT2D eigenvalue weighted by atomic mass is 9.73. The van der Waals surface area contributed by atoms with Crippen molar-refractivity contribution in [1.29, 1.82) is 0 Å². The van der Waals surface area contributed by atoms with E-state index in [0.29, 0.717) is 30.8 Å². The van der Waals surface area contributed by atoms with Crippen LogP contribution in [0, 0.1) is 11.8 Å². The fourth-order valence-corrected chi connectivity index (χ4v) is 5.75. The highest BCUT2D eigenvalue weighted by Crippen LogP contribution is 2.45. The predicted molar refractivity (Wildman–Crippen MR) is 121 cm³/mol. The van der Waals surface area contributed by atoms with E-state index in [1.165, 1.54) is 0 Å². The summed E-state index contributed by atoms with van der Waals surface area (Å²) in [6, 6.07) is 13.5. The van der Waals surface area contributed by atoms with Gasteiger partial charge in [0.25, 0.3) is 0 Å². The van der Waals surface area contributed by atoms with Gasteiger partial charge in [0.1, 0.15) is 11.9 Å². The molecule has 5 nitrogen and oxygen atoms in total. The number of carboxylic acids is 1. The first-order valence-electron chi connectivity index (χ1n) is 11.2. The summed E-state index contributed by atoms with van der Waals surface area (Å²) in [7, 11) is 0. The van der Waals surface area contributed by atoms with Crippen molar-refractivity contribution in [3.63, 3.8) is 0 Å². The normalized spacial score (nSPS) is 27.0. The molecule has 1 aliphatic carbocycles. The Hall–Kier alpha value is -2.34. The van der Waals surface area contributed by atoms with Crippen LogP contribution in [0.1, 0.15) is 40.7 Å². The van der Waals surface area contributed by atoms with Gasteiger partial charge in [-0.2, -0.15) is 0 Å². The maximum absolute atomic E-state index is 11.5. The van der Waals surface area contributed by atoms with Crippen LogP contribution >= 0.6 is 11.6 Å². The number of hydrogen-bond acceptors (Lipinski definition) is 4. The van der Waals surface area contributed by atoms with Gasteiger partial charge in [0, 0.05) is 5.92 Å². The summed E-state index contributed by atoms with van der Waals surface area (Å²) in [6.07, 6.45) is 7.07. The Morgan fingerprint density at radius 3 is 2.59 bits per heavy atom. The van der Waals surface area contributed by atoms with Gasteiger partial charge in [0.15, 0.2) is 0 Å². The number of halogens is 1. The van der Waals surface area contributed by atoms with E-state index in [1.807, 2.05) is 30.3 Å². The number of aliphatic hydroxyl groups excluding tert-OH is 1. The van der Waals surface area contributed by atoms with Gasteiger partial charge in [-0.25, -0.2) is 4.79 Å². The molecule has 168 valence electrons. The summed E-state index contributed by atoms with van der Waals surface area (Å²) in [5.41, 5.74) is 1.76. The van der Waals surface area contributed by atoms with E-state index in [9.17, 15) is 15.0 Å². The van der Waals surface area contributed by atoms with Gasteiger partial charge < -0.3 is 19.7 Å². The van der Waals surface area contributed by atoms with Crippen molar-refractivity contribution in [3.8, 4) is 5.75 Å². The number of hydrogen-bond donors (Lipinski definition) is 2. The van der Waals surface area contributed by atoms with Crippen LogP contribution in [0.2, 0.25) is 5.02 Å². The van der Waals surface area contributed by atoms with Crippen LogP contribution in [-0.2, 0) is 16.6 Å². The lowest BCUT2D eigenvalue weighted by Crippen LogP contribution is -2.54. The molecule has 0 spiro atoms. The number of fused-ring (bicyclic) bond motifs is 2. The van der Waals surface area contributed by atoms with E-state index < -0.39 is 12.1 Å². The Morgan fingerprint density at radius 2 is 1.91 bits per heavy atom. The van der Waals surface area contributed by atoms with Gasteiger partial charge in [0.05, 0.1) is 35.3 Å². The number of benzene rings is 2. The third-order valence-corrected chi connectivity index (χ3v) is 7.79. The van der Waals surface area contributed by atoms with Crippen LogP contribution in [0.15, 0.2) is 54.6 Å². The summed E-state index contributed by atoms with van der Waals surface area (Å²) in [4.78, 5) is 11.5. The van der Waals surface area contributed by atoms with E-state index in [1.54, 1.807) is 6.07 Å². The smallest absolute Gasteiger partial charge is 0.337 e. The minimum absolute atomic E-state index is 0.000271. The number of aromatic carboxylic acids is 1. The van der Waals surface area contributed by atoms with Crippen LogP contribution in [0.25, 0.3) is 0 Å². The van der Waals surface area contributed by atoms with E-state index in [-0.39, 0.29) is 22.1 Å². The molecule has 5 rings (SSSR count). The SMILES string of the molecule is O=C(O)c1ccc2c(c1Cl)O[C@H]1CC[C@H](/C=C/C(O)C3(c4ccccc4)COC3)[C@H]1CC2. The Balaban J connectivity index is 1.33. The number of carboxylic acid groups (broad SMARTS) is 1. The fourth-order valence-electron chi connectivity index (χ4n) is 5.44. The molecule has 1 saturated heterocycles. The molecule has 4 atom stereocenters. The molecule has 6 heteroatoms. The number of ether oxygens (including phenoxy) is 2. The van der Waals surface area contributed by atoms with Crippen molar-refractivity contribution in [3.05, 3.63) is 76.3 Å². The van der Waals surface area contributed by atoms with E-state index >= 15 is 0 Å². The third-order valence-electron chi connectivity index (χ3n) is 7.41. The predicted octanol–water partition coefficient (Wildman–Crippen LogP) is 4.64. The Bertz CT molecular complexity index is 1030. The lowest BCUT2D eigenvalue weighted by Gasteiger charge is -2.44. The van der Waals surface area contributed by atoms with E-state index in [0.717, 1.165) is 36.8 Å². The van der Waals surface area contributed by atoms with Crippen molar-refractivity contribution >= 4 is 17.6 Å². The summed E-state index contributed by atoms with van der Waals surface area (Å²) in [6.45, 7) is 1.03. The van der Waals surface area contributed by atoms with Gasteiger partial charge >= 0.3 is 5.97 Å². The van der Waals surface area contributed by atoms with Crippen molar-refractivity contribution in [2.24, 2.45) is 11.8 Å². The van der Waals surface area contributed by atoms with Crippen LogP contribution in [0.4, 0.5) is 0 Å². The molecular weight excluding hydrogens is 428 g/mol. The zero-order valence-electron chi connectivity index (χ0n) is 17.7. The van der Waals surface area contributed by atoms with Gasteiger partial charge in [-0.1, -0.05) is 60.2 Å². The summed E-state index contributed by atoms with van der Waals surface area (Å²) < 4.78 is 11.8. The minimum atomic E-state index is -1.05. The van der Waals surface area contributed by atoms with Gasteiger partial charge in [-0.3, -0.25) is 0 Å². The Morgan fingerprint density at radius 1 is 1.12 bits per heavy atom. The molecule has 3 aliphatic rings. The van der Waals surface area contributed by atoms with Crippen molar-refractivity contribution in [2.45, 2.75) is 43.3 Å². The van der Waals surface area contributed by atoms with Crippen LogP contribution < -0.4 is 4.74 Å². The van der Waals surface area contributed by atoms with E-state index in [4.69, 9.17) is 21.1 Å². The Kier molecular flexibility index (Phi) is 5.74. The Labute approximate surface area is 192 Å². The molecule has 2 heterocycles. The largest absolute Gasteiger partial charge is 0.488 e. The van der Waals surface area contributed by atoms with Gasteiger partial charge in [0.2, 0.25) is 0 Å². The second kappa shape index (κ2) is 8.54. The number of rotatable bonds is 5. The van der Waals surface area contributed by atoms with E-state index in [2.05, 4.69) is 18.2 Å². The highest BCUT2D eigenvalue weighted by atomic mass is 35.5. The lowest BCUT2D eigenvalue weighted by molar-refractivity contribution is -0.106. The number of aryl methyl sites for hydroxylation is 1. The second-order valence-electron chi connectivity index (χ2n) is 9.17. The van der Waals surface area contributed by atoms with Crippen molar-refractivity contribution in [2.75, 3.05) is 13.2 Å². The van der Waals surface area contributed by atoms with Crippen molar-refractivity contribution in [1.82, 2.24) is 0 Å². The van der Waals surface area contributed by atoms with Crippen LogP contribution in [0.3, 0.4) is 0 Å². The molecule has 0 amide bonds. The monoisotopic (exact) mass is 454 g/mol. The molecule has 2 aromatic rings. The second-order valence-corrected chi connectivity index (χ2v) is 9.54. The minimum Gasteiger partial charge on any atom is -0.488 e. The average Bonchev–Trinajstić information content (AvgIpc) is 3.03. The molecule has 2 N–H and O–H groups in total. The molecule has 1 saturated carbocycles. The topological polar surface area (TPSA) is 76.0 Å². The molecular formula is C26H27ClO5. The van der Waals surface area contributed by atoms with Gasteiger partial charge in [-0.05, 0) is 48.8 Å². The first kappa shape index (κ1) is 21.5. The maximum atomic E-state index is 11.5. The first-order chi connectivity index (χ1) is 15.5. The summed E-state index contributed by atoms with van der Waals surface area (Å²) in [5, 5.41) is 20.6. The molecule has 2 aliphatic heterocycles. The molecule has 2 fully saturated rings. The van der Waals surface area contributed by atoms with Crippen LogP contribution in [0.5, 0.6) is 5.75 Å². The van der Waals surface area contributed by atoms with Gasteiger partial charge in [-0.15, -0.1) is 0 Å². The average molecular weight is 455 g/mol. The summed E-state index contributed by atoms with van der Waals surface area (Å²) >= 11 is 6.39. The number of allylic oxidation sites excluding steroid dienone is 1. The third kappa shape index (κ3) is 3.62. The highest BCUT2D eigenvalue weighted by molar-refractivity contribution is 6.35. The number of aliphatic hydroxyl groups is 1. The first-order valence-corrected chi connectivity index (χ1v) is 11.6. The fraction of sp³-hybridized carbons (Fsp3) is 0.423. The molecule has 2 aromatic carbocycles. The van der Waals surface area contributed by atoms with Crippen molar-refractivity contribution < 1.29 is 24.5 Å².